The molecular weight excluding hydrogens is 561 g/mol. The number of nitrogens with one attached hydrogen (secondary N) is 1. The van der Waals surface area contributed by atoms with E-state index in [0.717, 1.165) is 21.2 Å². The van der Waals surface area contributed by atoms with Crippen molar-refractivity contribution in [1.82, 2.24) is 20.1 Å². The third-order valence-electron chi connectivity index (χ3n) is 5.98. The third-order valence-corrected chi connectivity index (χ3v) is 8.61. The molecular formula is C27H23Cl2N5O2S2. The van der Waals surface area contributed by atoms with E-state index >= 15 is 0 Å². The first-order chi connectivity index (χ1) is 18.4. The van der Waals surface area contributed by atoms with Gasteiger partial charge in [0, 0.05) is 21.4 Å². The van der Waals surface area contributed by atoms with Gasteiger partial charge in [0.1, 0.15) is 0 Å². The average molecular weight is 585 g/mol. The summed E-state index contributed by atoms with van der Waals surface area (Å²) < 4.78 is 1.90. The van der Waals surface area contributed by atoms with Gasteiger partial charge in [-0.2, -0.15) is 0 Å². The van der Waals surface area contributed by atoms with Gasteiger partial charge in [-0.1, -0.05) is 71.0 Å². The van der Waals surface area contributed by atoms with Crippen LogP contribution >= 0.6 is 46.7 Å². The number of para-hydroxylation sites is 2. The predicted molar refractivity (Wildman–Crippen MR) is 153 cm³/mol. The first kappa shape index (κ1) is 26.6. The molecule has 2 amide bonds. The number of anilines is 2. The minimum Gasteiger partial charge on any atom is -0.342 e. The van der Waals surface area contributed by atoms with Gasteiger partial charge < -0.3 is 9.88 Å². The number of fused-ring (bicyclic) bond motifs is 2. The number of carbonyl (C=O) groups is 2. The van der Waals surface area contributed by atoms with Gasteiger partial charge in [0.15, 0.2) is 11.0 Å². The topological polar surface area (TPSA) is 80.1 Å². The van der Waals surface area contributed by atoms with Crippen LogP contribution < -0.4 is 10.2 Å². The van der Waals surface area contributed by atoms with Crippen molar-refractivity contribution in [1.29, 1.82) is 0 Å². The minimum atomic E-state index is -0.440. The van der Waals surface area contributed by atoms with Crippen LogP contribution in [0.5, 0.6) is 0 Å². The summed E-state index contributed by atoms with van der Waals surface area (Å²) in [6.45, 7) is 4.38. The van der Waals surface area contributed by atoms with Crippen LogP contribution in [0.1, 0.15) is 36.1 Å². The molecule has 11 heteroatoms. The number of benzene rings is 3. The molecule has 0 aliphatic carbocycles. The molecule has 1 unspecified atom stereocenters. The zero-order valence-electron chi connectivity index (χ0n) is 20.5. The third kappa shape index (κ3) is 5.29. The first-order valence-corrected chi connectivity index (χ1v) is 14.4. The lowest BCUT2D eigenvalue weighted by Gasteiger charge is -2.30. The van der Waals surface area contributed by atoms with E-state index in [2.05, 4.69) is 15.5 Å². The number of rotatable bonds is 7. The number of nitrogens with zero attached hydrogens (tertiary/aromatic N) is 4. The second-order valence-corrected chi connectivity index (χ2v) is 11.3. The molecule has 5 rings (SSSR count). The van der Waals surface area contributed by atoms with Crippen molar-refractivity contribution < 1.29 is 9.59 Å². The minimum absolute atomic E-state index is 0.0545. The van der Waals surface area contributed by atoms with Crippen molar-refractivity contribution in [3.63, 3.8) is 0 Å². The fraction of sp³-hybridized carbons (Fsp3) is 0.185. The van der Waals surface area contributed by atoms with Crippen molar-refractivity contribution in [2.24, 2.45) is 0 Å². The molecule has 3 aromatic carbocycles. The number of amides is 2. The van der Waals surface area contributed by atoms with E-state index in [0.29, 0.717) is 28.1 Å². The van der Waals surface area contributed by atoms with Crippen molar-refractivity contribution in [3.05, 3.63) is 88.2 Å². The quantitative estimate of drug-likeness (QED) is 0.235. The molecule has 1 aliphatic heterocycles. The van der Waals surface area contributed by atoms with Gasteiger partial charge in [-0.3, -0.25) is 14.5 Å². The van der Waals surface area contributed by atoms with E-state index in [1.807, 2.05) is 66.9 Å². The Morgan fingerprint density at radius 1 is 1.00 bits per heavy atom. The molecule has 1 aromatic heterocycles. The predicted octanol–water partition coefficient (Wildman–Crippen LogP) is 7.02. The van der Waals surface area contributed by atoms with Crippen LogP contribution in [-0.2, 0) is 11.3 Å². The van der Waals surface area contributed by atoms with Crippen molar-refractivity contribution in [2.75, 3.05) is 10.7 Å². The fourth-order valence-corrected chi connectivity index (χ4v) is 6.61. The molecule has 1 aliphatic rings. The maximum atomic E-state index is 13.6. The summed E-state index contributed by atoms with van der Waals surface area (Å²) in [6.07, 6.45) is 0. The maximum Gasteiger partial charge on any atom is 0.253 e. The molecule has 0 saturated carbocycles. The molecule has 0 bridgehead atoms. The fourth-order valence-electron chi connectivity index (χ4n) is 4.20. The van der Waals surface area contributed by atoms with Gasteiger partial charge >= 0.3 is 0 Å². The highest BCUT2D eigenvalue weighted by molar-refractivity contribution is 8.00. The highest BCUT2D eigenvalue weighted by atomic mass is 35.5. The van der Waals surface area contributed by atoms with Crippen LogP contribution in [0.4, 0.5) is 11.4 Å². The lowest BCUT2D eigenvalue weighted by molar-refractivity contribution is -0.115. The largest absolute Gasteiger partial charge is 0.342 e. The Labute approximate surface area is 238 Å². The Morgan fingerprint density at radius 2 is 1.66 bits per heavy atom. The summed E-state index contributed by atoms with van der Waals surface area (Å²) in [5.74, 6) is 0.369. The molecule has 194 valence electrons. The number of carbonyl (C=O) groups excluding carboxylic acids is 2. The molecule has 7 nitrogen and oxygen atoms in total. The highest BCUT2D eigenvalue weighted by Gasteiger charge is 2.28. The summed E-state index contributed by atoms with van der Waals surface area (Å²) in [6, 6.07) is 20.1. The van der Waals surface area contributed by atoms with Crippen LogP contribution in [0.25, 0.3) is 0 Å². The van der Waals surface area contributed by atoms with E-state index in [9.17, 15) is 9.59 Å². The Balaban J connectivity index is 1.32. The van der Waals surface area contributed by atoms with Crippen molar-refractivity contribution in [2.45, 2.75) is 41.4 Å². The van der Waals surface area contributed by atoms with Crippen LogP contribution in [0.3, 0.4) is 0 Å². The summed E-state index contributed by atoms with van der Waals surface area (Å²) in [5.41, 5.74) is 2.07. The molecule has 4 aromatic rings. The lowest BCUT2D eigenvalue weighted by Crippen LogP contribution is -2.30. The van der Waals surface area contributed by atoms with E-state index in [1.165, 1.54) is 17.8 Å². The highest BCUT2D eigenvalue weighted by Crippen LogP contribution is 2.48. The van der Waals surface area contributed by atoms with Crippen molar-refractivity contribution in [3.8, 4) is 0 Å². The van der Waals surface area contributed by atoms with Crippen LogP contribution in [0.15, 0.2) is 81.7 Å². The maximum absolute atomic E-state index is 13.6. The Morgan fingerprint density at radius 3 is 2.29 bits per heavy atom. The second-order valence-electron chi connectivity index (χ2n) is 8.46. The Hall–Kier alpha value is -2.98. The average Bonchev–Trinajstić information content (AvgIpc) is 3.33. The molecule has 0 saturated heterocycles. The molecule has 2 heterocycles. The zero-order chi connectivity index (χ0) is 26.8. The van der Waals surface area contributed by atoms with Crippen LogP contribution in [-0.4, -0.2) is 32.3 Å². The van der Waals surface area contributed by atoms with E-state index in [4.69, 9.17) is 23.2 Å². The molecule has 38 heavy (non-hydrogen) atoms. The number of aromatic nitrogens is 3. The summed E-state index contributed by atoms with van der Waals surface area (Å²) in [5, 5.41) is 12.9. The molecule has 0 fully saturated rings. The van der Waals surface area contributed by atoms with Crippen LogP contribution in [0.2, 0.25) is 10.0 Å². The van der Waals surface area contributed by atoms with Crippen LogP contribution in [0, 0.1) is 0 Å². The van der Waals surface area contributed by atoms with Gasteiger partial charge in [0.25, 0.3) is 5.91 Å². The Kier molecular flexibility index (Phi) is 7.99. The summed E-state index contributed by atoms with van der Waals surface area (Å²) in [7, 11) is 0. The number of halogens is 2. The van der Waals surface area contributed by atoms with Gasteiger partial charge in [-0.25, -0.2) is 0 Å². The number of hydrogen-bond donors (Lipinski definition) is 1. The van der Waals surface area contributed by atoms with Crippen molar-refractivity contribution >= 4 is 69.9 Å². The molecule has 0 radical (unpaired) electrons. The normalized spacial score (nSPS) is 13.0. The number of thioether (sulfide) groups is 1. The standard InChI is InChI=1S/C27H23Cl2N5O2S2/c1-3-33-25(16(2)30-26(36)18-13-12-17(28)14-19(18)29)31-32-27(33)37-15-24(35)34-20-8-4-6-10-22(20)38-23-11-7-5-9-21(23)34/h4-14,16H,3,15H2,1-2H3,(H,30,36). The molecule has 1 N–H and O–H groups in total. The second kappa shape index (κ2) is 11.4. The zero-order valence-corrected chi connectivity index (χ0v) is 23.7. The summed E-state index contributed by atoms with van der Waals surface area (Å²) in [4.78, 5) is 30.2. The summed E-state index contributed by atoms with van der Waals surface area (Å²) >= 11 is 15.1. The number of hydrogen-bond acceptors (Lipinski definition) is 6. The van der Waals surface area contributed by atoms with Gasteiger partial charge in [0.2, 0.25) is 5.91 Å². The smallest absolute Gasteiger partial charge is 0.253 e. The van der Waals surface area contributed by atoms with Gasteiger partial charge in [-0.05, 0) is 56.3 Å². The monoisotopic (exact) mass is 583 g/mol. The molecule has 0 spiro atoms. The van der Waals surface area contributed by atoms with E-state index in [-0.39, 0.29) is 22.6 Å². The first-order valence-electron chi connectivity index (χ1n) is 11.9. The Bertz CT molecular complexity index is 1480. The lowest BCUT2D eigenvalue weighted by atomic mass is 10.2. The SMILES string of the molecule is CCn1c(SCC(=O)N2c3ccccc3Sc3ccccc32)nnc1C(C)NC(=O)c1ccc(Cl)cc1Cl. The van der Waals surface area contributed by atoms with Gasteiger partial charge in [0.05, 0.1) is 33.8 Å². The van der Waals surface area contributed by atoms with Gasteiger partial charge in [-0.15, -0.1) is 10.2 Å². The molecule has 1 atom stereocenters. The van der Waals surface area contributed by atoms with E-state index < -0.39 is 6.04 Å². The van der Waals surface area contributed by atoms with E-state index in [1.54, 1.807) is 28.8 Å².